The Bertz CT molecular complexity index is 414. The van der Waals surface area contributed by atoms with Crippen LogP contribution >= 0.6 is 23.1 Å². The zero-order valence-corrected chi connectivity index (χ0v) is 9.72. The van der Waals surface area contributed by atoms with Crippen LogP contribution in [0.2, 0.25) is 0 Å². The number of aliphatic hydroxyl groups excluding tert-OH is 1. The van der Waals surface area contributed by atoms with E-state index in [2.05, 4.69) is 17.1 Å². The Morgan fingerprint density at radius 1 is 1.27 bits per heavy atom. The second kappa shape index (κ2) is 5.30. The number of aromatic nitrogens is 1. The van der Waals surface area contributed by atoms with Crippen LogP contribution in [0.3, 0.4) is 0 Å². The molecule has 2 nitrogen and oxygen atoms in total. The van der Waals surface area contributed by atoms with Gasteiger partial charge < -0.3 is 5.11 Å². The lowest BCUT2D eigenvalue weighted by atomic mass is 10.4. The maximum Gasteiger partial charge on any atom is 0.103 e. The Labute approximate surface area is 97.0 Å². The molecule has 15 heavy (non-hydrogen) atoms. The Kier molecular flexibility index (Phi) is 3.77. The first-order valence-electron chi connectivity index (χ1n) is 4.60. The molecule has 0 aliphatic heterocycles. The maximum absolute atomic E-state index is 8.87. The number of benzene rings is 1. The molecule has 4 heteroatoms. The van der Waals surface area contributed by atoms with Gasteiger partial charge >= 0.3 is 0 Å². The van der Waals surface area contributed by atoms with Gasteiger partial charge in [-0.25, -0.2) is 4.98 Å². The van der Waals surface area contributed by atoms with E-state index >= 15 is 0 Å². The normalized spacial score (nSPS) is 10.5. The van der Waals surface area contributed by atoms with E-state index in [0.717, 1.165) is 16.5 Å². The van der Waals surface area contributed by atoms with E-state index < -0.39 is 0 Å². The van der Waals surface area contributed by atoms with Gasteiger partial charge in [-0.2, -0.15) is 0 Å². The number of aliphatic hydroxyl groups is 1. The van der Waals surface area contributed by atoms with Gasteiger partial charge in [-0.15, -0.1) is 23.1 Å². The van der Waals surface area contributed by atoms with E-state index in [4.69, 9.17) is 5.11 Å². The largest absolute Gasteiger partial charge is 0.390 e. The SMILES string of the molecule is OCc1csc(CSc2ccccc2)n1. The van der Waals surface area contributed by atoms with Crippen LogP contribution in [0.5, 0.6) is 0 Å². The molecule has 1 N–H and O–H groups in total. The van der Waals surface area contributed by atoms with Crippen LogP contribution in [0, 0.1) is 0 Å². The molecule has 1 aromatic heterocycles. The summed E-state index contributed by atoms with van der Waals surface area (Å²) in [5, 5.41) is 11.8. The van der Waals surface area contributed by atoms with Crippen LogP contribution in [0.4, 0.5) is 0 Å². The van der Waals surface area contributed by atoms with Gasteiger partial charge in [0.25, 0.3) is 0 Å². The molecule has 0 spiro atoms. The number of thioether (sulfide) groups is 1. The molecule has 0 fully saturated rings. The minimum atomic E-state index is 0.0342. The Balaban J connectivity index is 1.93. The zero-order valence-electron chi connectivity index (χ0n) is 8.09. The van der Waals surface area contributed by atoms with Crippen molar-refractivity contribution >= 4 is 23.1 Å². The van der Waals surface area contributed by atoms with Gasteiger partial charge in [0.05, 0.1) is 18.1 Å². The van der Waals surface area contributed by atoms with E-state index in [1.165, 1.54) is 4.90 Å². The molecule has 78 valence electrons. The lowest BCUT2D eigenvalue weighted by Crippen LogP contribution is -1.84. The van der Waals surface area contributed by atoms with E-state index in [-0.39, 0.29) is 6.61 Å². The number of nitrogens with zero attached hydrogens (tertiary/aromatic N) is 1. The molecule has 0 amide bonds. The third kappa shape index (κ3) is 3.06. The summed E-state index contributed by atoms with van der Waals surface area (Å²) >= 11 is 3.37. The lowest BCUT2D eigenvalue weighted by molar-refractivity contribution is 0.277. The molecule has 0 radical (unpaired) electrons. The Morgan fingerprint density at radius 2 is 2.07 bits per heavy atom. The van der Waals surface area contributed by atoms with Crippen molar-refractivity contribution in [3.63, 3.8) is 0 Å². The van der Waals surface area contributed by atoms with E-state index in [1.807, 2.05) is 23.6 Å². The molecule has 0 bridgehead atoms. The molecule has 0 aliphatic rings. The molecule has 0 saturated carbocycles. The number of hydrogen-bond donors (Lipinski definition) is 1. The zero-order chi connectivity index (χ0) is 10.5. The van der Waals surface area contributed by atoms with Crippen LogP contribution < -0.4 is 0 Å². The summed E-state index contributed by atoms with van der Waals surface area (Å²) in [6.45, 7) is 0.0342. The van der Waals surface area contributed by atoms with Gasteiger partial charge in [0.2, 0.25) is 0 Å². The van der Waals surface area contributed by atoms with Gasteiger partial charge in [0.15, 0.2) is 0 Å². The molecule has 2 aromatic rings. The van der Waals surface area contributed by atoms with Crippen molar-refractivity contribution < 1.29 is 5.11 Å². The summed E-state index contributed by atoms with van der Waals surface area (Å²) in [4.78, 5) is 5.54. The molecule has 0 aliphatic carbocycles. The smallest absolute Gasteiger partial charge is 0.103 e. The van der Waals surface area contributed by atoms with Crippen LogP contribution in [0.15, 0.2) is 40.6 Å². The number of rotatable bonds is 4. The first kappa shape index (κ1) is 10.7. The molecule has 1 heterocycles. The van der Waals surface area contributed by atoms with Gasteiger partial charge in [-0.3, -0.25) is 0 Å². The van der Waals surface area contributed by atoms with Crippen molar-refractivity contribution in [2.24, 2.45) is 0 Å². The van der Waals surface area contributed by atoms with E-state index in [9.17, 15) is 0 Å². The highest BCUT2D eigenvalue weighted by Crippen LogP contribution is 2.23. The summed E-state index contributed by atoms with van der Waals surface area (Å²) in [6, 6.07) is 10.3. The second-order valence-electron chi connectivity index (χ2n) is 2.99. The molecular formula is C11H11NOS2. The van der Waals surface area contributed by atoms with Crippen molar-refractivity contribution in [3.05, 3.63) is 46.4 Å². The summed E-state index contributed by atoms with van der Waals surface area (Å²) in [5.74, 6) is 0.870. The van der Waals surface area contributed by atoms with Crippen LogP contribution in [-0.4, -0.2) is 10.1 Å². The number of thiazole rings is 1. The van der Waals surface area contributed by atoms with Crippen LogP contribution in [0.25, 0.3) is 0 Å². The van der Waals surface area contributed by atoms with Gasteiger partial charge in [-0.1, -0.05) is 18.2 Å². The summed E-state index contributed by atoms with van der Waals surface area (Å²) in [7, 11) is 0. The van der Waals surface area contributed by atoms with Gasteiger partial charge in [0, 0.05) is 10.3 Å². The second-order valence-corrected chi connectivity index (χ2v) is 4.98. The van der Waals surface area contributed by atoms with Crippen molar-refractivity contribution in [1.82, 2.24) is 4.98 Å². The van der Waals surface area contributed by atoms with Crippen LogP contribution in [-0.2, 0) is 12.4 Å². The molecule has 0 unspecified atom stereocenters. The minimum Gasteiger partial charge on any atom is -0.390 e. The molecule has 2 rings (SSSR count). The summed E-state index contributed by atoms with van der Waals surface area (Å²) < 4.78 is 0. The highest BCUT2D eigenvalue weighted by Gasteiger charge is 2.01. The quantitative estimate of drug-likeness (QED) is 0.830. The fraction of sp³-hybridized carbons (Fsp3) is 0.182. The minimum absolute atomic E-state index is 0.0342. The average molecular weight is 237 g/mol. The molecule has 0 saturated heterocycles. The van der Waals surface area contributed by atoms with E-state index in [0.29, 0.717) is 0 Å². The fourth-order valence-electron chi connectivity index (χ4n) is 1.15. The number of hydrogen-bond acceptors (Lipinski definition) is 4. The maximum atomic E-state index is 8.87. The first-order chi connectivity index (χ1) is 7.38. The predicted octanol–water partition coefficient (Wildman–Crippen LogP) is 2.93. The van der Waals surface area contributed by atoms with Crippen molar-refractivity contribution in [2.75, 3.05) is 0 Å². The molecular weight excluding hydrogens is 226 g/mol. The Morgan fingerprint density at radius 3 is 2.73 bits per heavy atom. The predicted molar refractivity (Wildman–Crippen MR) is 64.0 cm³/mol. The van der Waals surface area contributed by atoms with E-state index in [1.54, 1.807) is 23.1 Å². The molecule has 1 aromatic carbocycles. The summed E-state index contributed by atoms with van der Waals surface area (Å²) in [6.07, 6.45) is 0. The van der Waals surface area contributed by atoms with Crippen molar-refractivity contribution in [1.29, 1.82) is 0 Å². The standard InChI is InChI=1S/C11H11NOS2/c13-6-9-7-15-11(12-9)8-14-10-4-2-1-3-5-10/h1-5,7,13H,6,8H2. The topological polar surface area (TPSA) is 33.1 Å². The lowest BCUT2D eigenvalue weighted by Gasteiger charge is -1.97. The molecule has 0 atom stereocenters. The first-order valence-corrected chi connectivity index (χ1v) is 6.47. The average Bonchev–Trinajstić information content (AvgIpc) is 2.76. The fourth-order valence-corrected chi connectivity index (χ4v) is 2.87. The van der Waals surface area contributed by atoms with Gasteiger partial charge in [0.1, 0.15) is 5.01 Å². The highest BCUT2D eigenvalue weighted by molar-refractivity contribution is 7.98. The van der Waals surface area contributed by atoms with Crippen molar-refractivity contribution in [2.45, 2.75) is 17.3 Å². The summed E-state index contributed by atoms with van der Waals surface area (Å²) in [5.41, 5.74) is 0.767. The Hall–Kier alpha value is -0.840. The highest BCUT2D eigenvalue weighted by atomic mass is 32.2. The third-order valence-corrected chi connectivity index (χ3v) is 3.97. The monoisotopic (exact) mass is 237 g/mol. The van der Waals surface area contributed by atoms with Gasteiger partial charge in [-0.05, 0) is 12.1 Å². The third-order valence-electron chi connectivity index (χ3n) is 1.87. The van der Waals surface area contributed by atoms with Crippen molar-refractivity contribution in [3.8, 4) is 0 Å². The van der Waals surface area contributed by atoms with Crippen LogP contribution in [0.1, 0.15) is 10.7 Å².